The van der Waals surface area contributed by atoms with Crippen molar-refractivity contribution in [2.45, 2.75) is 19.4 Å². The van der Waals surface area contributed by atoms with Gasteiger partial charge in [-0.25, -0.2) is 9.19 Å². The molecule has 2 aromatic heterocycles. The molecule has 10 heteroatoms. The zero-order chi connectivity index (χ0) is 20.9. The van der Waals surface area contributed by atoms with E-state index in [1.54, 1.807) is 23.5 Å². The van der Waals surface area contributed by atoms with Crippen molar-refractivity contribution in [3.63, 3.8) is 0 Å². The summed E-state index contributed by atoms with van der Waals surface area (Å²) >= 11 is 1.03. The van der Waals surface area contributed by atoms with Gasteiger partial charge in [0.2, 0.25) is 5.13 Å². The van der Waals surface area contributed by atoms with E-state index in [0.717, 1.165) is 32.0 Å². The minimum atomic E-state index is -2.09. The molecular weight excluding hydrogens is 438 g/mol. The van der Waals surface area contributed by atoms with Crippen LogP contribution in [0.25, 0.3) is 10.6 Å². The Morgan fingerprint density at radius 2 is 1.87 bits per heavy atom. The second kappa shape index (κ2) is 9.43. The van der Waals surface area contributed by atoms with E-state index >= 15 is 0 Å². The van der Waals surface area contributed by atoms with Crippen LogP contribution in [0.1, 0.15) is 22.3 Å². The Hall–Kier alpha value is -2.66. The summed E-state index contributed by atoms with van der Waals surface area (Å²) < 4.78 is 22.3. The lowest BCUT2D eigenvalue weighted by molar-refractivity contribution is 0.570. The number of nitrogens with zero attached hydrogens (tertiary/aromatic N) is 3. The molecule has 2 unspecified atom stereocenters. The second-order valence-corrected chi connectivity index (χ2v) is 9.26. The first kappa shape index (κ1) is 20.6. The second-order valence-electron chi connectivity index (χ2n) is 6.52. The minimum absolute atomic E-state index is 0.0863. The van der Waals surface area contributed by atoms with Crippen molar-refractivity contribution in [1.29, 1.82) is 0 Å². The Balaban J connectivity index is 1.58. The van der Waals surface area contributed by atoms with Crippen LogP contribution >= 0.6 is 22.7 Å². The number of rotatable bonds is 8. The lowest BCUT2D eigenvalue weighted by Crippen LogP contribution is -2.14. The van der Waals surface area contributed by atoms with Crippen molar-refractivity contribution in [2.24, 2.45) is 0 Å². The van der Waals surface area contributed by atoms with Gasteiger partial charge in [-0.1, -0.05) is 53.8 Å². The van der Waals surface area contributed by atoms with Crippen LogP contribution in [0.5, 0.6) is 0 Å². The molecule has 0 aliphatic heterocycles. The molecule has 0 aliphatic rings. The van der Waals surface area contributed by atoms with Crippen molar-refractivity contribution in [2.75, 3.05) is 10.0 Å². The fourth-order valence-electron chi connectivity index (χ4n) is 2.94. The van der Waals surface area contributed by atoms with E-state index in [-0.39, 0.29) is 6.04 Å². The molecule has 30 heavy (non-hydrogen) atoms. The van der Waals surface area contributed by atoms with E-state index in [4.69, 9.17) is 9.54 Å². The summed E-state index contributed by atoms with van der Waals surface area (Å²) in [5, 5.41) is 16.4. The largest absolute Gasteiger partial charge is 0.351 e. The number of benzene rings is 2. The molecular formula is C20H19N5O2S3. The fourth-order valence-corrected chi connectivity index (χ4v) is 4.80. The number of aromatic nitrogens is 3. The molecule has 0 bridgehead atoms. The quantitative estimate of drug-likeness (QED) is 0.325. The third-order valence-corrected chi connectivity index (χ3v) is 6.41. The number of aryl methyl sites for hydroxylation is 1. The normalized spacial score (nSPS) is 13.0. The highest BCUT2D eigenvalue weighted by molar-refractivity contribution is 7.80. The van der Waals surface area contributed by atoms with E-state index in [1.165, 1.54) is 11.3 Å². The molecule has 7 nitrogen and oxygen atoms in total. The Labute approximate surface area is 184 Å². The molecule has 2 heterocycles. The van der Waals surface area contributed by atoms with E-state index in [0.29, 0.717) is 12.1 Å². The zero-order valence-electron chi connectivity index (χ0n) is 16.0. The first-order valence-electron chi connectivity index (χ1n) is 9.11. The van der Waals surface area contributed by atoms with Crippen LogP contribution in [0.15, 0.2) is 60.0 Å². The van der Waals surface area contributed by atoms with Crippen LogP contribution in [0.4, 0.5) is 10.8 Å². The SMILES string of the molecule is Cc1nnc(NC(Cc2ccc(NS(=O)O)cc2)c2csc(-c3ccccc3)n2)s1. The Kier molecular flexibility index (Phi) is 6.48. The van der Waals surface area contributed by atoms with Crippen LogP contribution in [0, 0.1) is 6.92 Å². The summed E-state index contributed by atoms with van der Waals surface area (Å²) in [6, 6.07) is 17.4. The average molecular weight is 458 g/mol. The lowest BCUT2D eigenvalue weighted by atomic mass is 10.0. The summed E-state index contributed by atoms with van der Waals surface area (Å²) in [4.78, 5) is 4.86. The van der Waals surface area contributed by atoms with Gasteiger partial charge in [-0.3, -0.25) is 9.27 Å². The molecule has 0 spiro atoms. The maximum absolute atomic E-state index is 10.9. The van der Waals surface area contributed by atoms with Crippen molar-refractivity contribution >= 4 is 44.8 Å². The molecule has 0 amide bonds. The highest BCUT2D eigenvalue weighted by Gasteiger charge is 2.18. The average Bonchev–Trinajstić information content (AvgIpc) is 3.38. The molecule has 0 saturated heterocycles. The van der Waals surface area contributed by atoms with Gasteiger partial charge in [0.25, 0.3) is 11.3 Å². The monoisotopic (exact) mass is 457 g/mol. The molecule has 3 N–H and O–H groups in total. The summed E-state index contributed by atoms with van der Waals surface area (Å²) in [5.74, 6) is 0. The van der Waals surface area contributed by atoms with Crippen molar-refractivity contribution in [3.05, 3.63) is 76.2 Å². The first-order chi connectivity index (χ1) is 14.6. The van der Waals surface area contributed by atoms with E-state index < -0.39 is 11.3 Å². The highest BCUT2D eigenvalue weighted by Crippen LogP contribution is 2.30. The molecule has 0 aliphatic carbocycles. The minimum Gasteiger partial charge on any atom is -0.351 e. The maximum Gasteiger partial charge on any atom is 0.259 e. The predicted molar refractivity (Wildman–Crippen MR) is 123 cm³/mol. The van der Waals surface area contributed by atoms with Crippen LogP contribution in [-0.2, 0) is 17.7 Å². The van der Waals surface area contributed by atoms with Gasteiger partial charge in [0.05, 0.1) is 11.7 Å². The Morgan fingerprint density at radius 3 is 2.53 bits per heavy atom. The summed E-state index contributed by atoms with van der Waals surface area (Å²) in [5.41, 5.74) is 3.68. The smallest absolute Gasteiger partial charge is 0.259 e. The van der Waals surface area contributed by atoms with Gasteiger partial charge in [-0.2, -0.15) is 0 Å². The van der Waals surface area contributed by atoms with E-state index in [2.05, 4.69) is 37.7 Å². The van der Waals surface area contributed by atoms with E-state index in [1.807, 2.05) is 37.3 Å². The first-order valence-corrected chi connectivity index (χ1v) is 11.9. The van der Waals surface area contributed by atoms with Crippen molar-refractivity contribution in [1.82, 2.24) is 15.2 Å². The predicted octanol–water partition coefficient (Wildman–Crippen LogP) is 4.91. The number of anilines is 2. The summed E-state index contributed by atoms with van der Waals surface area (Å²) in [6.07, 6.45) is 0.680. The third kappa shape index (κ3) is 5.28. The molecule has 0 fully saturated rings. The third-order valence-electron chi connectivity index (χ3n) is 4.32. The van der Waals surface area contributed by atoms with Crippen molar-refractivity contribution < 1.29 is 8.76 Å². The molecule has 2 atom stereocenters. The van der Waals surface area contributed by atoms with Gasteiger partial charge in [0.15, 0.2) is 0 Å². The zero-order valence-corrected chi connectivity index (χ0v) is 18.4. The molecule has 2 aromatic carbocycles. The standard InChI is InChI=1S/C20H19N5O2S3/c1-13-23-24-20(29-13)22-17(11-14-7-9-16(10-8-14)25-30(26)27)18-12-28-19(21-18)15-5-3-2-4-6-15/h2-10,12,17,25H,11H2,1H3,(H,22,24)(H,26,27). The van der Waals surface area contributed by atoms with Crippen LogP contribution < -0.4 is 10.0 Å². The van der Waals surface area contributed by atoms with Gasteiger partial charge in [-0.15, -0.1) is 21.5 Å². The highest BCUT2D eigenvalue weighted by atomic mass is 32.2. The fraction of sp³-hybridized carbons (Fsp3) is 0.150. The number of thiazole rings is 1. The maximum atomic E-state index is 10.9. The van der Waals surface area contributed by atoms with Gasteiger partial charge < -0.3 is 5.32 Å². The Morgan fingerprint density at radius 1 is 1.10 bits per heavy atom. The van der Waals surface area contributed by atoms with Crippen LogP contribution in [0.2, 0.25) is 0 Å². The van der Waals surface area contributed by atoms with Crippen molar-refractivity contribution in [3.8, 4) is 10.6 Å². The summed E-state index contributed by atoms with van der Waals surface area (Å²) in [6.45, 7) is 1.92. The van der Waals surface area contributed by atoms with Crippen LogP contribution in [-0.4, -0.2) is 23.9 Å². The molecule has 4 rings (SSSR count). The molecule has 154 valence electrons. The summed E-state index contributed by atoms with van der Waals surface area (Å²) in [7, 11) is 0. The number of hydrogen-bond donors (Lipinski definition) is 3. The van der Waals surface area contributed by atoms with Crippen LogP contribution in [0.3, 0.4) is 0 Å². The van der Waals surface area contributed by atoms with Gasteiger partial charge >= 0.3 is 0 Å². The number of nitrogens with one attached hydrogen (secondary N) is 2. The topological polar surface area (TPSA) is 100 Å². The van der Waals surface area contributed by atoms with E-state index in [9.17, 15) is 4.21 Å². The molecule has 4 aromatic rings. The molecule has 0 saturated carbocycles. The number of hydrogen-bond acceptors (Lipinski definition) is 7. The van der Waals surface area contributed by atoms with Gasteiger partial charge in [0.1, 0.15) is 10.0 Å². The molecule has 0 radical (unpaired) electrons. The van der Waals surface area contributed by atoms with Gasteiger partial charge in [0, 0.05) is 16.6 Å². The van der Waals surface area contributed by atoms with Gasteiger partial charge in [-0.05, 0) is 31.0 Å². The lowest BCUT2D eigenvalue weighted by Gasteiger charge is -2.16. The Bertz CT molecular complexity index is 1130.